The molecule has 5 nitrogen and oxygen atoms in total. The fourth-order valence-electron chi connectivity index (χ4n) is 5.72. The molecule has 1 saturated heterocycles. The Bertz CT molecular complexity index is 1270. The number of amides is 2. The van der Waals surface area contributed by atoms with Crippen LogP contribution in [0.15, 0.2) is 54.6 Å². The molecule has 1 saturated carbocycles. The maximum atomic E-state index is 14.1. The van der Waals surface area contributed by atoms with Gasteiger partial charge in [0, 0.05) is 49.0 Å². The van der Waals surface area contributed by atoms with Crippen molar-refractivity contribution in [3.63, 3.8) is 0 Å². The van der Waals surface area contributed by atoms with Gasteiger partial charge in [-0.1, -0.05) is 55.5 Å². The van der Waals surface area contributed by atoms with Crippen molar-refractivity contribution >= 4 is 23.4 Å². The molecule has 7 heteroatoms. The second-order valence-electron chi connectivity index (χ2n) is 10.2. The quantitative estimate of drug-likeness (QED) is 0.371. The van der Waals surface area contributed by atoms with E-state index < -0.39 is 0 Å². The molecule has 2 fully saturated rings. The number of carbonyl (C=O) groups is 2. The minimum Gasteiger partial charge on any atom is -0.339 e. The van der Waals surface area contributed by atoms with E-state index >= 15 is 0 Å². The van der Waals surface area contributed by atoms with Crippen molar-refractivity contribution in [2.24, 2.45) is 5.92 Å². The van der Waals surface area contributed by atoms with Gasteiger partial charge >= 0.3 is 0 Å². The Labute approximate surface area is 222 Å². The SMILES string of the molecule is Cc1c(C(=O)N2CCN(C(=O)CCC3CCCC3)CC2)cc(-c2ccc(Cl)cc2)n1-c1cccc(F)c1. The maximum Gasteiger partial charge on any atom is 0.255 e. The van der Waals surface area contributed by atoms with Gasteiger partial charge in [-0.25, -0.2) is 4.39 Å². The van der Waals surface area contributed by atoms with E-state index in [4.69, 9.17) is 11.6 Å². The molecule has 37 heavy (non-hydrogen) atoms. The molecule has 2 aliphatic rings. The summed E-state index contributed by atoms with van der Waals surface area (Å²) in [4.78, 5) is 30.1. The lowest BCUT2D eigenvalue weighted by atomic mass is 10.0. The third-order valence-electron chi connectivity index (χ3n) is 7.84. The predicted octanol–water partition coefficient (Wildman–Crippen LogP) is 6.50. The van der Waals surface area contributed by atoms with E-state index in [0.717, 1.165) is 23.4 Å². The minimum atomic E-state index is -0.339. The van der Waals surface area contributed by atoms with Crippen LogP contribution >= 0.6 is 11.6 Å². The lowest BCUT2D eigenvalue weighted by molar-refractivity contribution is -0.133. The van der Waals surface area contributed by atoms with E-state index in [-0.39, 0.29) is 17.6 Å². The van der Waals surface area contributed by atoms with Crippen molar-refractivity contribution in [1.82, 2.24) is 14.4 Å². The summed E-state index contributed by atoms with van der Waals surface area (Å²) in [6, 6.07) is 15.7. The molecular formula is C30H33ClFN3O2. The van der Waals surface area contributed by atoms with Crippen molar-refractivity contribution in [3.8, 4) is 16.9 Å². The van der Waals surface area contributed by atoms with Gasteiger partial charge in [0.2, 0.25) is 5.91 Å². The van der Waals surface area contributed by atoms with Crippen LogP contribution in [0, 0.1) is 18.7 Å². The molecule has 0 atom stereocenters. The summed E-state index contributed by atoms with van der Waals surface area (Å²) in [5, 5.41) is 0.622. The second kappa shape index (κ2) is 11.1. The number of nitrogens with zero attached hydrogens (tertiary/aromatic N) is 3. The molecule has 2 aromatic carbocycles. The van der Waals surface area contributed by atoms with Crippen molar-refractivity contribution in [2.45, 2.75) is 45.4 Å². The number of aromatic nitrogens is 1. The van der Waals surface area contributed by atoms with Gasteiger partial charge in [0.25, 0.3) is 5.91 Å². The average Bonchev–Trinajstić information content (AvgIpc) is 3.55. The average molecular weight is 522 g/mol. The lowest BCUT2D eigenvalue weighted by Gasteiger charge is -2.35. The summed E-state index contributed by atoms with van der Waals surface area (Å²) in [6.07, 6.45) is 6.68. The van der Waals surface area contributed by atoms with Gasteiger partial charge in [-0.05, 0) is 61.2 Å². The number of benzene rings is 2. The van der Waals surface area contributed by atoms with E-state index in [1.54, 1.807) is 18.2 Å². The van der Waals surface area contributed by atoms with E-state index in [1.165, 1.54) is 37.8 Å². The summed E-state index contributed by atoms with van der Waals surface area (Å²) in [7, 11) is 0. The highest BCUT2D eigenvalue weighted by molar-refractivity contribution is 6.30. The third kappa shape index (κ3) is 5.59. The summed E-state index contributed by atoms with van der Waals surface area (Å²) in [5.41, 5.74) is 3.65. The number of rotatable bonds is 6. The molecule has 1 aromatic heterocycles. The van der Waals surface area contributed by atoms with Gasteiger partial charge in [0.05, 0.1) is 11.3 Å². The van der Waals surface area contributed by atoms with Crippen LogP contribution in [0.25, 0.3) is 16.9 Å². The zero-order chi connectivity index (χ0) is 25.9. The van der Waals surface area contributed by atoms with Crippen molar-refractivity contribution in [1.29, 1.82) is 0 Å². The van der Waals surface area contributed by atoms with Gasteiger partial charge in [-0.3, -0.25) is 9.59 Å². The first-order chi connectivity index (χ1) is 17.9. The maximum absolute atomic E-state index is 14.1. The molecular weight excluding hydrogens is 489 g/mol. The Morgan fingerprint density at radius 2 is 1.62 bits per heavy atom. The molecule has 0 unspecified atom stereocenters. The van der Waals surface area contributed by atoms with Crippen LogP contribution < -0.4 is 0 Å². The molecule has 1 aliphatic carbocycles. The van der Waals surface area contributed by atoms with Crippen molar-refractivity contribution < 1.29 is 14.0 Å². The van der Waals surface area contributed by atoms with E-state index in [2.05, 4.69) is 0 Å². The fourth-order valence-corrected chi connectivity index (χ4v) is 5.84. The van der Waals surface area contributed by atoms with Crippen molar-refractivity contribution in [2.75, 3.05) is 26.2 Å². The molecule has 0 N–H and O–H groups in total. The number of carbonyl (C=O) groups excluding carboxylic acids is 2. The minimum absolute atomic E-state index is 0.0686. The molecule has 1 aliphatic heterocycles. The first kappa shape index (κ1) is 25.5. The highest BCUT2D eigenvalue weighted by atomic mass is 35.5. The van der Waals surface area contributed by atoms with Gasteiger partial charge in [-0.2, -0.15) is 0 Å². The number of hydrogen-bond donors (Lipinski definition) is 0. The van der Waals surface area contributed by atoms with Crippen LogP contribution in [0.4, 0.5) is 4.39 Å². The Morgan fingerprint density at radius 3 is 2.30 bits per heavy atom. The van der Waals surface area contributed by atoms with Crippen molar-refractivity contribution in [3.05, 3.63) is 76.7 Å². The Balaban J connectivity index is 1.34. The largest absolute Gasteiger partial charge is 0.339 e. The molecule has 3 aromatic rings. The summed E-state index contributed by atoms with van der Waals surface area (Å²) >= 11 is 6.11. The topological polar surface area (TPSA) is 45.6 Å². The zero-order valence-electron chi connectivity index (χ0n) is 21.3. The van der Waals surface area contributed by atoms with Gasteiger partial charge in [-0.15, -0.1) is 0 Å². The Kier molecular flexibility index (Phi) is 7.65. The number of halogens is 2. The fraction of sp³-hybridized carbons (Fsp3) is 0.400. The summed E-state index contributed by atoms with van der Waals surface area (Å²) < 4.78 is 16.1. The molecule has 194 valence electrons. The zero-order valence-corrected chi connectivity index (χ0v) is 22.0. The molecule has 2 amide bonds. The Hall–Kier alpha value is -3.12. The standard InChI is InChI=1S/C30H33ClFN3O2/c1-21-27(30(37)34-17-15-33(16-18-34)29(36)14-9-22-5-2-3-6-22)20-28(23-10-12-24(31)13-11-23)35(21)26-8-4-7-25(32)19-26/h4,7-8,10-13,19-20,22H,2-3,5-6,9,14-18H2,1H3. The summed E-state index contributed by atoms with van der Waals surface area (Å²) in [6.45, 7) is 4.02. The lowest BCUT2D eigenvalue weighted by Crippen LogP contribution is -2.50. The second-order valence-corrected chi connectivity index (χ2v) is 10.6. The number of hydrogen-bond acceptors (Lipinski definition) is 2. The smallest absolute Gasteiger partial charge is 0.255 e. The highest BCUT2D eigenvalue weighted by Crippen LogP contribution is 2.32. The van der Waals surface area contributed by atoms with Crippen LogP contribution in [0.2, 0.25) is 5.02 Å². The van der Waals surface area contributed by atoms with E-state index in [9.17, 15) is 14.0 Å². The van der Waals surface area contributed by atoms with Gasteiger partial charge in [0.1, 0.15) is 5.82 Å². The summed E-state index contributed by atoms with van der Waals surface area (Å²) in [5.74, 6) is 0.499. The first-order valence-corrected chi connectivity index (χ1v) is 13.6. The highest BCUT2D eigenvalue weighted by Gasteiger charge is 2.28. The van der Waals surface area contributed by atoms with Crippen LogP contribution in [0.5, 0.6) is 0 Å². The van der Waals surface area contributed by atoms with Crippen LogP contribution in [-0.2, 0) is 4.79 Å². The van der Waals surface area contributed by atoms with E-state index in [0.29, 0.717) is 54.8 Å². The van der Waals surface area contributed by atoms with E-state index in [1.807, 2.05) is 45.6 Å². The normalized spacial score (nSPS) is 16.4. The number of piperazine rings is 1. The predicted molar refractivity (Wildman–Crippen MR) is 145 cm³/mol. The monoisotopic (exact) mass is 521 g/mol. The Morgan fingerprint density at radius 1 is 0.946 bits per heavy atom. The van der Waals surface area contributed by atoms with Gasteiger partial charge in [0.15, 0.2) is 0 Å². The van der Waals surface area contributed by atoms with Crippen LogP contribution in [0.1, 0.15) is 54.6 Å². The molecule has 0 radical (unpaired) electrons. The first-order valence-electron chi connectivity index (χ1n) is 13.2. The third-order valence-corrected chi connectivity index (χ3v) is 8.10. The van der Waals surface area contributed by atoms with Crippen LogP contribution in [0.3, 0.4) is 0 Å². The van der Waals surface area contributed by atoms with Gasteiger partial charge < -0.3 is 14.4 Å². The molecule has 5 rings (SSSR count). The molecule has 0 bridgehead atoms. The molecule has 2 heterocycles. The van der Waals surface area contributed by atoms with Crippen LogP contribution in [-0.4, -0.2) is 52.4 Å². The molecule has 0 spiro atoms.